The van der Waals surface area contributed by atoms with Crippen LogP contribution in [0, 0.1) is 18.6 Å². The molecule has 0 aliphatic rings. The van der Waals surface area contributed by atoms with Crippen LogP contribution in [0.1, 0.15) is 5.01 Å². The fourth-order valence-corrected chi connectivity index (χ4v) is 3.52. The van der Waals surface area contributed by atoms with Crippen LogP contribution < -0.4 is 10.5 Å². The molecule has 0 unspecified atom stereocenters. The molecule has 1 heterocycles. The summed E-state index contributed by atoms with van der Waals surface area (Å²) in [5.41, 5.74) is 4.62. The fraction of sp³-hybridized carbons (Fsp3) is 0.100. The van der Waals surface area contributed by atoms with E-state index in [-0.39, 0.29) is 9.90 Å². The summed E-state index contributed by atoms with van der Waals surface area (Å²) in [6, 6.07) is 1.90. The summed E-state index contributed by atoms with van der Waals surface area (Å²) in [5.74, 6) is -2.53. The number of benzene rings is 1. The Balaban J connectivity index is 2.44. The minimum absolute atomic E-state index is 0.104. The van der Waals surface area contributed by atoms with Gasteiger partial charge in [0.05, 0.1) is 16.9 Å². The van der Waals surface area contributed by atoms with E-state index in [0.717, 1.165) is 29.7 Å². The van der Waals surface area contributed by atoms with Crippen LogP contribution in [0.25, 0.3) is 0 Å². The van der Waals surface area contributed by atoms with Crippen LogP contribution >= 0.6 is 11.3 Å². The third-order valence-electron chi connectivity index (χ3n) is 2.23. The lowest BCUT2D eigenvalue weighted by Gasteiger charge is -2.10. The number of hydrogen-bond acceptors (Lipinski definition) is 5. The van der Waals surface area contributed by atoms with Gasteiger partial charge in [-0.25, -0.2) is 22.2 Å². The molecule has 0 amide bonds. The van der Waals surface area contributed by atoms with Crippen molar-refractivity contribution >= 4 is 32.7 Å². The molecule has 0 bridgehead atoms. The van der Waals surface area contributed by atoms with Gasteiger partial charge in [0.15, 0.2) is 15.8 Å². The average molecular weight is 305 g/mol. The van der Waals surface area contributed by atoms with Crippen LogP contribution in [0.2, 0.25) is 0 Å². The van der Waals surface area contributed by atoms with Gasteiger partial charge in [-0.15, -0.1) is 11.3 Å². The van der Waals surface area contributed by atoms with Crippen LogP contribution in [0.4, 0.5) is 20.2 Å². The van der Waals surface area contributed by atoms with E-state index in [9.17, 15) is 17.2 Å². The van der Waals surface area contributed by atoms with E-state index in [1.807, 2.05) is 4.72 Å². The molecule has 0 atom stereocenters. The number of thiazole rings is 1. The summed E-state index contributed by atoms with van der Waals surface area (Å²) >= 11 is 0.911. The van der Waals surface area contributed by atoms with Gasteiger partial charge in [0.25, 0.3) is 10.0 Å². The van der Waals surface area contributed by atoms with Crippen LogP contribution in [-0.4, -0.2) is 13.4 Å². The molecule has 0 spiro atoms. The number of nitrogen functional groups attached to an aromatic ring is 1. The summed E-state index contributed by atoms with van der Waals surface area (Å²) in [7, 11) is -4.03. The molecule has 0 radical (unpaired) electrons. The van der Waals surface area contributed by atoms with Gasteiger partial charge in [0.1, 0.15) is 5.69 Å². The maximum absolute atomic E-state index is 13.5. The van der Waals surface area contributed by atoms with Crippen LogP contribution in [-0.2, 0) is 10.0 Å². The Labute approximate surface area is 112 Å². The lowest BCUT2D eigenvalue weighted by atomic mass is 10.2. The molecule has 1 aromatic carbocycles. The second-order valence-electron chi connectivity index (χ2n) is 3.63. The van der Waals surface area contributed by atoms with Crippen molar-refractivity contribution in [2.45, 2.75) is 11.1 Å². The average Bonchev–Trinajstić information content (AvgIpc) is 2.77. The quantitative estimate of drug-likeness (QED) is 0.851. The number of rotatable bonds is 3. The van der Waals surface area contributed by atoms with Gasteiger partial charge < -0.3 is 5.73 Å². The molecule has 2 rings (SSSR count). The molecule has 19 heavy (non-hydrogen) atoms. The third kappa shape index (κ3) is 2.66. The number of hydrogen-bond donors (Lipinski definition) is 2. The molecule has 102 valence electrons. The predicted molar refractivity (Wildman–Crippen MR) is 68.4 cm³/mol. The van der Waals surface area contributed by atoms with Crippen molar-refractivity contribution in [2.75, 3.05) is 10.5 Å². The molecule has 0 saturated carbocycles. The monoisotopic (exact) mass is 305 g/mol. The highest BCUT2D eigenvalue weighted by Crippen LogP contribution is 2.28. The van der Waals surface area contributed by atoms with E-state index in [1.165, 1.54) is 0 Å². The molecule has 3 N–H and O–H groups in total. The van der Waals surface area contributed by atoms with Gasteiger partial charge >= 0.3 is 0 Å². The first-order valence-corrected chi connectivity index (χ1v) is 7.30. The molecule has 5 nitrogen and oxygen atoms in total. The topological polar surface area (TPSA) is 85.1 Å². The normalized spacial score (nSPS) is 11.5. The Morgan fingerprint density at radius 3 is 2.63 bits per heavy atom. The van der Waals surface area contributed by atoms with Crippen molar-refractivity contribution in [2.24, 2.45) is 0 Å². The van der Waals surface area contributed by atoms with Crippen molar-refractivity contribution < 1.29 is 17.2 Å². The molecule has 0 fully saturated rings. The molecule has 2 aromatic rings. The zero-order valence-corrected chi connectivity index (χ0v) is 11.3. The first-order chi connectivity index (χ1) is 8.81. The third-order valence-corrected chi connectivity index (χ3v) is 4.95. The van der Waals surface area contributed by atoms with E-state index in [2.05, 4.69) is 4.98 Å². The summed E-state index contributed by atoms with van der Waals surface area (Å²) in [4.78, 5) is 3.79. The summed E-state index contributed by atoms with van der Waals surface area (Å²) in [6.07, 6.45) is 1.13. The Morgan fingerprint density at radius 2 is 2.05 bits per heavy atom. The van der Waals surface area contributed by atoms with Gasteiger partial charge in [-0.2, -0.15) is 0 Å². The minimum atomic E-state index is -4.03. The molecule has 0 aliphatic carbocycles. The molecular formula is C10H9F2N3O2S2. The standard InChI is InChI=1S/C10H9F2N3O2S2/c1-5-14-4-8(18-5)19(16,17)15-10-7(13)3-2-6(11)9(10)12/h2-4,15H,13H2,1H3. The highest BCUT2D eigenvalue weighted by atomic mass is 32.2. The molecule has 9 heteroatoms. The lowest BCUT2D eigenvalue weighted by molar-refractivity contribution is 0.512. The van der Waals surface area contributed by atoms with Gasteiger partial charge in [-0.05, 0) is 19.1 Å². The van der Waals surface area contributed by atoms with Crippen molar-refractivity contribution in [1.82, 2.24) is 4.98 Å². The van der Waals surface area contributed by atoms with Gasteiger partial charge in [0, 0.05) is 0 Å². The van der Waals surface area contributed by atoms with Crippen molar-refractivity contribution in [3.8, 4) is 0 Å². The van der Waals surface area contributed by atoms with E-state index >= 15 is 0 Å². The number of anilines is 2. The number of nitrogens with two attached hydrogens (primary N) is 1. The lowest BCUT2D eigenvalue weighted by Crippen LogP contribution is -2.14. The molecule has 0 aliphatic heterocycles. The van der Waals surface area contributed by atoms with E-state index in [1.54, 1.807) is 6.92 Å². The Morgan fingerprint density at radius 1 is 1.37 bits per heavy atom. The van der Waals surface area contributed by atoms with Crippen molar-refractivity contribution in [3.05, 3.63) is 35.0 Å². The number of aryl methyl sites for hydroxylation is 1. The molecule has 0 saturated heterocycles. The largest absolute Gasteiger partial charge is 0.397 e. The zero-order valence-electron chi connectivity index (χ0n) is 9.65. The number of aromatic nitrogens is 1. The number of nitrogens with one attached hydrogen (secondary N) is 1. The smallest absolute Gasteiger partial charge is 0.273 e. The molecule has 1 aromatic heterocycles. The Kier molecular flexibility index (Phi) is 3.42. The second kappa shape index (κ2) is 4.74. The fourth-order valence-electron chi connectivity index (χ4n) is 1.32. The maximum atomic E-state index is 13.5. The van der Waals surface area contributed by atoms with Crippen LogP contribution in [0.5, 0.6) is 0 Å². The number of nitrogens with zero attached hydrogens (tertiary/aromatic N) is 1. The van der Waals surface area contributed by atoms with Gasteiger partial charge in [0.2, 0.25) is 0 Å². The summed E-state index contributed by atoms with van der Waals surface area (Å²) < 4.78 is 52.3. The highest BCUT2D eigenvalue weighted by molar-refractivity contribution is 7.94. The Hall–Kier alpha value is -1.74. The van der Waals surface area contributed by atoms with Crippen molar-refractivity contribution in [3.63, 3.8) is 0 Å². The van der Waals surface area contributed by atoms with Crippen LogP contribution in [0.3, 0.4) is 0 Å². The summed E-state index contributed by atoms with van der Waals surface area (Å²) in [6.45, 7) is 1.63. The first-order valence-electron chi connectivity index (χ1n) is 5.00. The number of halogens is 2. The van der Waals surface area contributed by atoms with Crippen LogP contribution in [0.15, 0.2) is 22.5 Å². The van der Waals surface area contributed by atoms with E-state index in [4.69, 9.17) is 5.73 Å². The van der Waals surface area contributed by atoms with Gasteiger partial charge in [-0.1, -0.05) is 0 Å². The maximum Gasteiger partial charge on any atom is 0.273 e. The Bertz CT molecular complexity index is 728. The predicted octanol–water partition coefficient (Wildman–Crippen LogP) is 2.11. The highest BCUT2D eigenvalue weighted by Gasteiger charge is 2.22. The first kappa shape index (κ1) is 13.7. The number of sulfonamides is 1. The van der Waals surface area contributed by atoms with E-state index < -0.39 is 27.3 Å². The zero-order chi connectivity index (χ0) is 14.2. The molecular weight excluding hydrogens is 296 g/mol. The summed E-state index contributed by atoms with van der Waals surface area (Å²) in [5, 5.41) is 0.535. The minimum Gasteiger partial charge on any atom is -0.397 e. The van der Waals surface area contributed by atoms with E-state index in [0.29, 0.717) is 5.01 Å². The van der Waals surface area contributed by atoms with Gasteiger partial charge in [-0.3, -0.25) is 4.72 Å². The second-order valence-corrected chi connectivity index (χ2v) is 6.77. The SMILES string of the molecule is Cc1ncc(S(=O)(=O)Nc2c(N)ccc(F)c2F)s1. The van der Waals surface area contributed by atoms with Crippen molar-refractivity contribution in [1.29, 1.82) is 0 Å².